The minimum atomic E-state index is -0.608. The van der Waals surface area contributed by atoms with E-state index < -0.39 is 5.54 Å². The van der Waals surface area contributed by atoms with Crippen molar-refractivity contribution in [3.05, 3.63) is 108 Å². The number of benzene rings is 3. The predicted octanol–water partition coefficient (Wildman–Crippen LogP) is 5.16. The number of rotatable bonds is 5. The van der Waals surface area contributed by atoms with Gasteiger partial charge in [0.05, 0.1) is 11.6 Å². The maximum Gasteiger partial charge on any atom is 0.237 e. The van der Waals surface area contributed by atoms with E-state index in [1.807, 2.05) is 18.2 Å². The zero-order valence-corrected chi connectivity index (χ0v) is 17.9. The maximum absolute atomic E-state index is 13.4. The molecule has 1 atom stereocenters. The first-order chi connectivity index (χ1) is 15.2. The van der Waals surface area contributed by atoms with Crippen molar-refractivity contribution in [2.24, 2.45) is 0 Å². The molecule has 2 fully saturated rings. The third kappa shape index (κ3) is 3.68. The molecule has 2 aliphatic rings. The molecule has 1 aliphatic carbocycles. The monoisotopic (exact) mass is 410 g/mol. The van der Waals surface area contributed by atoms with E-state index in [0.717, 1.165) is 48.8 Å². The summed E-state index contributed by atoms with van der Waals surface area (Å²) in [4.78, 5) is 13.4. The topological polar surface area (TPSA) is 41.1 Å². The lowest BCUT2D eigenvalue weighted by molar-refractivity contribution is -0.125. The summed E-state index contributed by atoms with van der Waals surface area (Å²) in [5, 5.41) is 7.30. The Morgan fingerprint density at radius 1 is 0.710 bits per heavy atom. The molecule has 0 radical (unpaired) electrons. The van der Waals surface area contributed by atoms with Crippen LogP contribution < -0.4 is 10.6 Å². The summed E-state index contributed by atoms with van der Waals surface area (Å²) in [5.41, 5.74) is 2.86. The minimum absolute atomic E-state index is 0.0441. The summed E-state index contributed by atoms with van der Waals surface area (Å²) < 4.78 is 0. The molecule has 2 N–H and O–H groups in total. The van der Waals surface area contributed by atoms with Crippen molar-refractivity contribution in [2.45, 2.75) is 55.6 Å². The number of hydrogen-bond donors (Lipinski definition) is 2. The van der Waals surface area contributed by atoms with E-state index in [4.69, 9.17) is 0 Å². The lowest BCUT2D eigenvalue weighted by Gasteiger charge is -2.43. The zero-order chi connectivity index (χ0) is 21.2. The average molecular weight is 411 g/mol. The molecule has 3 nitrogen and oxygen atoms in total. The Labute approximate surface area is 184 Å². The van der Waals surface area contributed by atoms with Gasteiger partial charge in [-0.1, -0.05) is 91.0 Å². The molecule has 31 heavy (non-hydrogen) atoms. The van der Waals surface area contributed by atoms with E-state index in [9.17, 15) is 4.79 Å². The van der Waals surface area contributed by atoms with Gasteiger partial charge in [-0.2, -0.15) is 0 Å². The first kappa shape index (κ1) is 20.0. The summed E-state index contributed by atoms with van der Waals surface area (Å²) in [5.74, 6) is 0.143. The highest BCUT2D eigenvalue weighted by molar-refractivity contribution is 5.83. The van der Waals surface area contributed by atoms with Gasteiger partial charge < -0.3 is 5.32 Å². The van der Waals surface area contributed by atoms with Crippen LogP contribution in [0.4, 0.5) is 0 Å². The van der Waals surface area contributed by atoms with E-state index >= 15 is 0 Å². The molecule has 1 amide bonds. The van der Waals surface area contributed by atoms with Crippen LogP contribution >= 0.6 is 0 Å². The van der Waals surface area contributed by atoms with Crippen molar-refractivity contribution in [3.8, 4) is 0 Å². The molecule has 158 valence electrons. The molecule has 5 rings (SSSR count). The summed E-state index contributed by atoms with van der Waals surface area (Å²) in [6.45, 7) is 0. The first-order valence-corrected chi connectivity index (χ1v) is 11.5. The van der Waals surface area contributed by atoms with E-state index in [0.29, 0.717) is 0 Å². The SMILES string of the molecule is O=C1NC2(CCCC1NC(c1ccccc1)(c1ccccc1)c1ccccc1)CCC2. The van der Waals surface area contributed by atoms with Crippen LogP contribution in [0.15, 0.2) is 91.0 Å². The molecule has 1 unspecified atom stereocenters. The fraction of sp³-hybridized carbons (Fsp3) is 0.321. The molecule has 1 heterocycles. The quantitative estimate of drug-likeness (QED) is 0.571. The highest BCUT2D eigenvalue weighted by Gasteiger charge is 2.44. The van der Waals surface area contributed by atoms with Crippen LogP contribution in [0.25, 0.3) is 0 Å². The van der Waals surface area contributed by atoms with Crippen LogP contribution in [0.3, 0.4) is 0 Å². The van der Waals surface area contributed by atoms with Crippen LogP contribution in [0.1, 0.15) is 55.2 Å². The normalized spacial score (nSPS) is 20.5. The second-order valence-corrected chi connectivity index (χ2v) is 9.06. The molecule has 1 saturated carbocycles. The van der Waals surface area contributed by atoms with Crippen molar-refractivity contribution in [1.29, 1.82) is 0 Å². The fourth-order valence-electron chi connectivity index (χ4n) is 5.38. The van der Waals surface area contributed by atoms with Crippen molar-refractivity contribution in [2.75, 3.05) is 0 Å². The van der Waals surface area contributed by atoms with Crippen LogP contribution in [-0.4, -0.2) is 17.5 Å². The second-order valence-electron chi connectivity index (χ2n) is 9.06. The standard InChI is InChI=1S/C28H30N2O/c31-26-25(18-10-19-27(30-26)20-11-21-27)29-28(22-12-4-1-5-13-22,23-14-6-2-7-15-23)24-16-8-3-9-17-24/h1-9,12-17,25,29H,10-11,18-21H2,(H,30,31). The highest BCUT2D eigenvalue weighted by atomic mass is 16.2. The second kappa shape index (κ2) is 8.32. The van der Waals surface area contributed by atoms with Crippen LogP contribution in [-0.2, 0) is 10.3 Å². The number of amides is 1. The largest absolute Gasteiger partial charge is 0.349 e. The molecular formula is C28H30N2O. The molecule has 3 heteroatoms. The van der Waals surface area contributed by atoms with Gasteiger partial charge >= 0.3 is 0 Å². The van der Waals surface area contributed by atoms with Gasteiger partial charge in [0.2, 0.25) is 5.91 Å². The molecular weight excluding hydrogens is 380 g/mol. The van der Waals surface area contributed by atoms with E-state index in [1.54, 1.807) is 0 Å². The van der Waals surface area contributed by atoms with Crippen LogP contribution in [0.5, 0.6) is 0 Å². The first-order valence-electron chi connectivity index (χ1n) is 11.5. The zero-order valence-electron chi connectivity index (χ0n) is 17.9. The van der Waals surface area contributed by atoms with Crippen molar-refractivity contribution in [1.82, 2.24) is 10.6 Å². The smallest absolute Gasteiger partial charge is 0.237 e. The molecule has 0 bridgehead atoms. The third-order valence-electron chi connectivity index (χ3n) is 7.17. The lowest BCUT2D eigenvalue weighted by atomic mass is 9.74. The average Bonchev–Trinajstić information content (AvgIpc) is 2.98. The highest BCUT2D eigenvalue weighted by Crippen LogP contribution is 2.40. The van der Waals surface area contributed by atoms with Gasteiger partial charge in [0.1, 0.15) is 0 Å². The van der Waals surface area contributed by atoms with Gasteiger partial charge in [0, 0.05) is 5.54 Å². The Balaban J connectivity index is 1.62. The lowest BCUT2D eigenvalue weighted by Crippen LogP contribution is -2.59. The predicted molar refractivity (Wildman–Crippen MR) is 125 cm³/mol. The molecule has 1 saturated heterocycles. The maximum atomic E-state index is 13.4. The van der Waals surface area contributed by atoms with Crippen LogP contribution in [0, 0.1) is 0 Å². The van der Waals surface area contributed by atoms with E-state index in [1.165, 1.54) is 6.42 Å². The molecule has 1 aliphatic heterocycles. The van der Waals surface area contributed by atoms with E-state index in [2.05, 4.69) is 83.4 Å². The van der Waals surface area contributed by atoms with Gasteiger partial charge in [0.15, 0.2) is 0 Å². The minimum Gasteiger partial charge on any atom is -0.349 e. The van der Waals surface area contributed by atoms with Crippen molar-refractivity contribution in [3.63, 3.8) is 0 Å². The number of hydrogen-bond acceptors (Lipinski definition) is 2. The number of nitrogens with one attached hydrogen (secondary N) is 2. The van der Waals surface area contributed by atoms with Gasteiger partial charge in [-0.3, -0.25) is 10.1 Å². The van der Waals surface area contributed by atoms with Gasteiger partial charge in [0.25, 0.3) is 0 Å². The Hall–Kier alpha value is -2.91. The summed E-state index contributed by atoms with van der Waals surface area (Å²) >= 11 is 0. The van der Waals surface area contributed by atoms with Gasteiger partial charge in [-0.05, 0) is 55.2 Å². The molecule has 0 aromatic heterocycles. The van der Waals surface area contributed by atoms with Crippen LogP contribution in [0.2, 0.25) is 0 Å². The van der Waals surface area contributed by atoms with Gasteiger partial charge in [-0.15, -0.1) is 0 Å². The summed E-state index contributed by atoms with van der Waals surface area (Å²) in [6.07, 6.45) is 6.46. The van der Waals surface area contributed by atoms with Crippen molar-refractivity contribution < 1.29 is 4.79 Å². The molecule has 3 aromatic rings. The van der Waals surface area contributed by atoms with Crippen molar-refractivity contribution >= 4 is 5.91 Å². The molecule has 1 spiro atoms. The Morgan fingerprint density at radius 3 is 1.58 bits per heavy atom. The number of carbonyl (C=O) groups excluding carboxylic acids is 1. The Kier molecular flexibility index (Phi) is 5.37. The van der Waals surface area contributed by atoms with Gasteiger partial charge in [-0.25, -0.2) is 0 Å². The Morgan fingerprint density at radius 2 is 1.16 bits per heavy atom. The Bertz CT molecular complexity index is 916. The summed E-state index contributed by atoms with van der Waals surface area (Å²) in [6, 6.07) is 31.3. The third-order valence-corrected chi connectivity index (χ3v) is 7.17. The fourth-order valence-corrected chi connectivity index (χ4v) is 5.38. The summed E-state index contributed by atoms with van der Waals surface area (Å²) in [7, 11) is 0. The van der Waals surface area contributed by atoms with E-state index in [-0.39, 0.29) is 17.5 Å². The number of carbonyl (C=O) groups is 1. The molecule has 3 aromatic carbocycles.